The third kappa shape index (κ3) is 3.72. The van der Waals surface area contributed by atoms with Gasteiger partial charge in [0.05, 0.1) is 12.6 Å². The predicted octanol–water partition coefficient (Wildman–Crippen LogP) is 1.04. The Kier molecular flexibility index (Phi) is 4.66. The van der Waals surface area contributed by atoms with Crippen molar-refractivity contribution >= 4 is 11.8 Å². The lowest BCUT2D eigenvalue weighted by molar-refractivity contribution is -0.129. The summed E-state index contributed by atoms with van der Waals surface area (Å²) in [6.45, 7) is 3.66. The van der Waals surface area contributed by atoms with E-state index in [-0.39, 0.29) is 29.7 Å². The normalized spacial score (nSPS) is 23.8. The van der Waals surface area contributed by atoms with Gasteiger partial charge in [0.25, 0.3) is 0 Å². The van der Waals surface area contributed by atoms with E-state index in [4.69, 9.17) is 0 Å². The van der Waals surface area contributed by atoms with Crippen molar-refractivity contribution in [1.29, 1.82) is 0 Å². The average Bonchev–Trinajstić information content (AvgIpc) is 3.30. The van der Waals surface area contributed by atoms with E-state index in [2.05, 4.69) is 41.8 Å². The van der Waals surface area contributed by atoms with Gasteiger partial charge in [0.1, 0.15) is 0 Å². The second-order valence-electron chi connectivity index (χ2n) is 6.74. The fourth-order valence-electron chi connectivity index (χ4n) is 3.21. The molecule has 0 radical (unpaired) electrons. The lowest BCUT2D eigenvalue weighted by Crippen LogP contribution is -2.42. The fraction of sp³-hybridized carbons (Fsp3) is 0.556. The number of likely N-dealkylation sites (tertiary alicyclic amines) is 1. The maximum atomic E-state index is 12.2. The maximum Gasteiger partial charge on any atom is 0.236 e. The highest BCUT2D eigenvalue weighted by molar-refractivity contribution is 5.82. The quantitative estimate of drug-likeness (QED) is 0.853. The van der Waals surface area contributed by atoms with Crippen molar-refractivity contribution in [3.05, 3.63) is 35.4 Å². The van der Waals surface area contributed by atoms with E-state index in [1.165, 1.54) is 11.1 Å². The first-order valence-electron chi connectivity index (χ1n) is 8.38. The van der Waals surface area contributed by atoms with Crippen LogP contribution in [0.2, 0.25) is 0 Å². The first-order valence-corrected chi connectivity index (χ1v) is 8.38. The molecule has 1 heterocycles. The topological polar surface area (TPSA) is 61.4 Å². The molecule has 0 unspecified atom stereocenters. The average molecular weight is 315 g/mol. The Balaban J connectivity index is 1.75. The Hall–Kier alpha value is -1.88. The number of amides is 2. The molecule has 1 saturated heterocycles. The van der Waals surface area contributed by atoms with Gasteiger partial charge in [-0.15, -0.1) is 0 Å². The van der Waals surface area contributed by atoms with Crippen molar-refractivity contribution in [2.24, 2.45) is 5.92 Å². The third-order valence-electron chi connectivity index (χ3n) is 4.78. The zero-order valence-electron chi connectivity index (χ0n) is 13.8. The molecule has 0 aromatic heterocycles. The molecule has 5 nitrogen and oxygen atoms in total. The first-order chi connectivity index (χ1) is 11.1. The largest absolute Gasteiger partial charge is 0.351 e. The van der Waals surface area contributed by atoms with Crippen LogP contribution in [0.4, 0.5) is 0 Å². The number of benzene rings is 1. The number of rotatable bonds is 5. The Morgan fingerprint density at radius 1 is 1.17 bits per heavy atom. The molecule has 23 heavy (non-hydrogen) atoms. The van der Waals surface area contributed by atoms with Crippen LogP contribution < -0.4 is 10.6 Å². The van der Waals surface area contributed by atoms with Crippen LogP contribution in [-0.4, -0.2) is 49.4 Å². The Bertz CT molecular complexity index is 580. The summed E-state index contributed by atoms with van der Waals surface area (Å²) in [7, 11) is 1.78. The molecule has 3 rings (SSSR count). The monoisotopic (exact) mass is 315 g/mol. The number of hydrogen-bond donors (Lipinski definition) is 2. The number of carbonyl (C=O) groups is 2. The molecule has 2 fully saturated rings. The maximum absolute atomic E-state index is 12.2. The summed E-state index contributed by atoms with van der Waals surface area (Å²) in [6, 6.07) is 8.41. The van der Waals surface area contributed by atoms with Gasteiger partial charge in [0.15, 0.2) is 0 Å². The van der Waals surface area contributed by atoms with Crippen LogP contribution in [0.5, 0.6) is 0 Å². The van der Waals surface area contributed by atoms with Gasteiger partial charge < -0.3 is 15.5 Å². The van der Waals surface area contributed by atoms with Crippen LogP contribution in [0.1, 0.15) is 29.9 Å². The van der Waals surface area contributed by atoms with E-state index in [1.807, 2.05) is 4.90 Å². The summed E-state index contributed by atoms with van der Waals surface area (Å²) in [5, 5.41) is 6.09. The van der Waals surface area contributed by atoms with Gasteiger partial charge in [-0.3, -0.25) is 9.59 Å². The molecule has 1 saturated carbocycles. The lowest BCUT2D eigenvalue weighted by atomic mass is 9.93. The first kappa shape index (κ1) is 16.0. The van der Waals surface area contributed by atoms with Crippen LogP contribution in [0.3, 0.4) is 0 Å². The Morgan fingerprint density at radius 2 is 1.87 bits per heavy atom. The predicted molar refractivity (Wildman–Crippen MR) is 89.1 cm³/mol. The molecule has 1 aliphatic carbocycles. The Morgan fingerprint density at radius 3 is 2.48 bits per heavy atom. The molecule has 2 aliphatic rings. The molecule has 1 aromatic carbocycles. The van der Waals surface area contributed by atoms with Crippen molar-refractivity contribution in [2.75, 3.05) is 26.7 Å². The van der Waals surface area contributed by atoms with Crippen molar-refractivity contribution in [3.63, 3.8) is 0 Å². The number of hydrogen-bond acceptors (Lipinski definition) is 3. The third-order valence-corrected chi connectivity index (χ3v) is 4.78. The van der Waals surface area contributed by atoms with E-state index in [9.17, 15) is 9.59 Å². The molecular formula is C18H25N3O2. The summed E-state index contributed by atoms with van der Waals surface area (Å²) >= 11 is 0. The number of carbonyl (C=O) groups excluding carboxylic acids is 2. The zero-order valence-corrected chi connectivity index (χ0v) is 13.8. The minimum absolute atomic E-state index is 0.00612. The second-order valence-corrected chi connectivity index (χ2v) is 6.74. The smallest absolute Gasteiger partial charge is 0.236 e. The highest BCUT2D eigenvalue weighted by Crippen LogP contribution is 2.32. The molecule has 2 N–H and O–H groups in total. The lowest BCUT2D eigenvalue weighted by Gasteiger charge is -2.20. The fourth-order valence-corrected chi connectivity index (χ4v) is 3.21. The number of nitrogens with one attached hydrogen (secondary N) is 2. The van der Waals surface area contributed by atoms with Crippen LogP contribution in [-0.2, 0) is 9.59 Å². The van der Waals surface area contributed by atoms with Crippen LogP contribution in [0.15, 0.2) is 24.3 Å². The summed E-state index contributed by atoms with van der Waals surface area (Å²) in [4.78, 5) is 26.2. The van der Waals surface area contributed by atoms with E-state index in [0.29, 0.717) is 19.6 Å². The molecule has 2 amide bonds. The summed E-state index contributed by atoms with van der Waals surface area (Å²) in [5.41, 5.74) is 2.41. The molecular weight excluding hydrogens is 290 g/mol. The summed E-state index contributed by atoms with van der Waals surface area (Å²) < 4.78 is 0. The van der Waals surface area contributed by atoms with E-state index >= 15 is 0 Å². The van der Waals surface area contributed by atoms with Gasteiger partial charge in [0.2, 0.25) is 11.8 Å². The number of likely N-dealkylation sites (N-methyl/N-ethyl adjacent to an activating group) is 1. The molecule has 2 atom stereocenters. The standard InChI is InChI=1S/C18H25N3O2/c1-12-3-5-13(6-4-12)15-10-21(17(22)9-19-2)11-16(15)20-18(23)14-7-8-14/h3-6,14-16,19H,7-11H2,1-2H3,(H,20,23)/t15-,16+/m0/s1. The molecule has 1 aliphatic heterocycles. The highest BCUT2D eigenvalue weighted by atomic mass is 16.2. The van der Waals surface area contributed by atoms with E-state index in [0.717, 1.165) is 12.8 Å². The SMILES string of the molecule is CNCC(=O)N1C[C@@H](NC(=O)C2CC2)[C@H](c2ccc(C)cc2)C1. The van der Waals surface area contributed by atoms with Crippen LogP contribution in [0, 0.1) is 12.8 Å². The van der Waals surface area contributed by atoms with Crippen molar-refractivity contribution in [2.45, 2.75) is 31.7 Å². The van der Waals surface area contributed by atoms with Crippen molar-refractivity contribution in [3.8, 4) is 0 Å². The van der Waals surface area contributed by atoms with Crippen molar-refractivity contribution < 1.29 is 9.59 Å². The van der Waals surface area contributed by atoms with Gasteiger partial charge in [0, 0.05) is 24.9 Å². The molecule has 1 aromatic rings. The zero-order chi connectivity index (χ0) is 16.4. The van der Waals surface area contributed by atoms with Gasteiger partial charge in [-0.1, -0.05) is 29.8 Å². The molecule has 0 spiro atoms. The number of aryl methyl sites for hydroxylation is 1. The van der Waals surface area contributed by atoms with Gasteiger partial charge in [-0.2, -0.15) is 0 Å². The van der Waals surface area contributed by atoms with Crippen molar-refractivity contribution in [1.82, 2.24) is 15.5 Å². The second kappa shape index (κ2) is 6.71. The highest BCUT2D eigenvalue weighted by Gasteiger charge is 2.39. The van der Waals surface area contributed by atoms with E-state index in [1.54, 1.807) is 7.05 Å². The molecule has 0 bridgehead atoms. The van der Waals surface area contributed by atoms with E-state index < -0.39 is 0 Å². The Labute approximate surface area is 137 Å². The van der Waals surface area contributed by atoms with Crippen LogP contribution >= 0.6 is 0 Å². The van der Waals surface area contributed by atoms with Gasteiger partial charge in [-0.05, 0) is 32.4 Å². The number of nitrogens with zero attached hydrogens (tertiary/aromatic N) is 1. The van der Waals surface area contributed by atoms with Crippen LogP contribution in [0.25, 0.3) is 0 Å². The van der Waals surface area contributed by atoms with Gasteiger partial charge in [-0.25, -0.2) is 0 Å². The molecule has 5 heteroatoms. The summed E-state index contributed by atoms with van der Waals surface area (Å²) in [5.74, 6) is 0.595. The molecule has 124 valence electrons. The minimum Gasteiger partial charge on any atom is -0.351 e. The summed E-state index contributed by atoms with van der Waals surface area (Å²) in [6.07, 6.45) is 1.99. The van der Waals surface area contributed by atoms with Gasteiger partial charge >= 0.3 is 0 Å². The minimum atomic E-state index is 0.00612.